The van der Waals surface area contributed by atoms with Gasteiger partial charge in [-0.1, -0.05) is 44.0 Å². The molecule has 0 saturated carbocycles. The number of aryl methyl sites for hydroxylation is 1. The van der Waals surface area contributed by atoms with E-state index in [0.717, 1.165) is 12.0 Å². The van der Waals surface area contributed by atoms with Crippen molar-refractivity contribution >= 4 is 6.09 Å². The Kier molecular flexibility index (Phi) is 6.73. The standard InChI is InChI=1S/C18H29NO2/c1-6-7-8-9-15-10-12-16(13-11-15)14-19(5)17(20)21-18(2,3)4/h10-13H,6-9,14H2,1-5H3. The molecule has 1 aromatic rings. The first-order chi connectivity index (χ1) is 9.81. The lowest BCUT2D eigenvalue weighted by Crippen LogP contribution is -2.33. The molecule has 21 heavy (non-hydrogen) atoms. The predicted octanol–water partition coefficient (Wildman–Crippen LogP) is 4.79. The van der Waals surface area contributed by atoms with Crippen molar-refractivity contribution < 1.29 is 9.53 Å². The molecule has 1 rings (SSSR count). The molecule has 3 heteroatoms. The first-order valence-electron chi connectivity index (χ1n) is 7.84. The number of carbonyl (C=O) groups is 1. The van der Waals surface area contributed by atoms with Crippen molar-refractivity contribution in [1.82, 2.24) is 4.90 Å². The zero-order valence-corrected chi connectivity index (χ0v) is 14.1. The molecule has 0 aliphatic carbocycles. The summed E-state index contributed by atoms with van der Waals surface area (Å²) < 4.78 is 5.35. The van der Waals surface area contributed by atoms with E-state index in [-0.39, 0.29) is 6.09 Å². The summed E-state index contributed by atoms with van der Waals surface area (Å²) in [6, 6.07) is 8.52. The number of hydrogen-bond donors (Lipinski definition) is 0. The Labute approximate surface area is 129 Å². The van der Waals surface area contributed by atoms with E-state index in [2.05, 4.69) is 31.2 Å². The number of ether oxygens (including phenoxy) is 1. The minimum atomic E-state index is -0.450. The first-order valence-corrected chi connectivity index (χ1v) is 7.84. The van der Waals surface area contributed by atoms with Gasteiger partial charge in [-0.3, -0.25) is 0 Å². The van der Waals surface area contributed by atoms with Crippen LogP contribution < -0.4 is 0 Å². The lowest BCUT2D eigenvalue weighted by atomic mass is 10.1. The summed E-state index contributed by atoms with van der Waals surface area (Å²) in [6.07, 6.45) is 4.63. The second-order valence-corrected chi connectivity index (χ2v) is 6.61. The second kappa shape index (κ2) is 8.06. The fraction of sp³-hybridized carbons (Fsp3) is 0.611. The largest absolute Gasteiger partial charge is 0.444 e. The quantitative estimate of drug-likeness (QED) is 0.705. The maximum absolute atomic E-state index is 11.9. The molecule has 118 valence electrons. The molecule has 0 bridgehead atoms. The molecule has 0 aliphatic rings. The molecule has 0 unspecified atom stereocenters. The number of unbranched alkanes of at least 4 members (excludes halogenated alkanes) is 2. The Hall–Kier alpha value is -1.51. The van der Waals surface area contributed by atoms with Crippen LogP contribution in [0.4, 0.5) is 4.79 Å². The van der Waals surface area contributed by atoms with Crippen molar-refractivity contribution in [3.05, 3.63) is 35.4 Å². The average molecular weight is 291 g/mol. The van der Waals surface area contributed by atoms with Gasteiger partial charge in [-0.25, -0.2) is 4.79 Å². The van der Waals surface area contributed by atoms with Crippen LogP contribution in [0.25, 0.3) is 0 Å². The van der Waals surface area contributed by atoms with Crippen molar-refractivity contribution in [2.75, 3.05) is 7.05 Å². The minimum Gasteiger partial charge on any atom is -0.444 e. The number of benzene rings is 1. The Bertz CT molecular complexity index is 432. The molecule has 0 fully saturated rings. The highest BCUT2D eigenvalue weighted by Crippen LogP contribution is 2.13. The highest BCUT2D eigenvalue weighted by molar-refractivity contribution is 5.67. The number of rotatable bonds is 6. The normalized spacial score (nSPS) is 11.3. The molecule has 1 amide bonds. The minimum absolute atomic E-state index is 0.283. The van der Waals surface area contributed by atoms with Gasteiger partial charge in [0.1, 0.15) is 5.60 Å². The number of amides is 1. The van der Waals surface area contributed by atoms with Gasteiger partial charge >= 0.3 is 6.09 Å². The zero-order valence-electron chi connectivity index (χ0n) is 14.1. The van der Waals surface area contributed by atoms with Crippen molar-refractivity contribution in [3.8, 4) is 0 Å². The third-order valence-corrected chi connectivity index (χ3v) is 3.22. The van der Waals surface area contributed by atoms with E-state index in [1.165, 1.54) is 24.8 Å². The maximum Gasteiger partial charge on any atom is 0.410 e. The average Bonchev–Trinajstić information content (AvgIpc) is 2.39. The summed E-state index contributed by atoms with van der Waals surface area (Å²) in [5.74, 6) is 0. The molecule has 0 heterocycles. The molecule has 3 nitrogen and oxygen atoms in total. The summed E-state index contributed by atoms with van der Waals surface area (Å²) in [7, 11) is 1.77. The Morgan fingerprint density at radius 1 is 1.10 bits per heavy atom. The van der Waals surface area contributed by atoms with Crippen LogP contribution in [0.3, 0.4) is 0 Å². The highest BCUT2D eigenvalue weighted by atomic mass is 16.6. The van der Waals surface area contributed by atoms with E-state index in [4.69, 9.17) is 4.74 Å². The predicted molar refractivity (Wildman–Crippen MR) is 87.4 cm³/mol. The van der Waals surface area contributed by atoms with Crippen molar-refractivity contribution in [1.29, 1.82) is 0 Å². The first kappa shape index (κ1) is 17.5. The van der Waals surface area contributed by atoms with Gasteiger partial charge in [-0.15, -0.1) is 0 Å². The zero-order chi connectivity index (χ0) is 15.9. The van der Waals surface area contributed by atoms with Crippen LogP contribution in [-0.4, -0.2) is 23.6 Å². The lowest BCUT2D eigenvalue weighted by molar-refractivity contribution is 0.0285. The summed E-state index contributed by atoms with van der Waals surface area (Å²) >= 11 is 0. The molecule has 0 N–H and O–H groups in total. The lowest BCUT2D eigenvalue weighted by Gasteiger charge is -2.24. The SMILES string of the molecule is CCCCCc1ccc(CN(C)C(=O)OC(C)(C)C)cc1. The topological polar surface area (TPSA) is 29.5 Å². The Morgan fingerprint density at radius 2 is 1.67 bits per heavy atom. The number of carbonyl (C=O) groups excluding carboxylic acids is 1. The second-order valence-electron chi connectivity index (χ2n) is 6.61. The van der Waals surface area contributed by atoms with Gasteiger partial charge in [0.2, 0.25) is 0 Å². The Morgan fingerprint density at radius 3 is 2.19 bits per heavy atom. The van der Waals surface area contributed by atoms with Gasteiger partial charge in [-0.05, 0) is 44.7 Å². The van der Waals surface area contributed by atoms with E-state index >= 15 is 0 Å². The monoisotopic (exact) mass is 291 g/mol. The van der Waals surface area contributed by atoms with Gasteiger partial charge in [0.25, 0.3) is 0 Å². The molecular formula is C18H29NO2. The van der Waals surface area contributed by atoms with E-state index in [0.29, 0.717) is 6.54 Å². The van der Waals surface area contributed by atoms with Crippen molar-refractivity contribution in [2.24, 2.45) is 0 Å². The van der Waals surface area contributed by atoms with Crippen molar-refractivity contribution in [3.63, 3.8) is 0 Å². The Balaban J connectivity index is 2.49. The number of hydrogen-bond acceptors (Lipinski definition) is 2. The molecule has 0 radical (unpaired) electrons. The van der Waals surface area contributed by atoms with E-state index in [1.54, 1.807) is 11.9 Å². The van der Waals surface area contributed by atoms with Crippen LogP contribution >= 0.6 is 0 Å². The molecule has 1 aromatic carbocycles. The fourth-order valence-corrected chi connectivity index (χ4v) is 2.07. The molecule has 0 saturated heterocycles. The van der Waals surface area contributed by atoms with Crippen molar-refractivity contribution in [2.45, 2.75) is 65.5 Å². The van der Waals surface area contributed by atoms with Gasteiger partial charge in [0.05, 0.1) is 0 Å². The van der Waals surface area contributed by atoms with E-state index in [1.807, 2.05) is 20.8 Å². The summed E-state index contributed by atoms with van der Waals surface area (Å²) in [5.41, 5.74) is 2.05. The van der Waals surface area contributed by atoms with Gasteiger partial charge < -0.3 is 9.64 Å². The molecular weight excluding hydrogens is 262 g/mol. The molecule has 0 aliphatic heterocycles. The van der Waals surface area contributed by atoms with Crippen LogP contribution in [0.2, 0.25) is 0 Å². The summed E-state index contributed by atoms with van der Waals surface area (Å²) in [6.45, 7) is 8.43. The third-order valence-electron chi connectivity index (χ3n) is 3.22. The van der Waals surface area contributed by atoms with E-state index < -0.39 is 5.60 Å². The highest BCUT2D eigenvalue weighted by Gasteiger charge is 2.19. The maximum atomic E-state index is 11.9. The van der Waals surface area contributed by atoms with Crippen LogP contribution in [0, 0.1) is 0 Å². The van der Waals surface area contributed by atoms with Crippen LogP contribution in [0.15, 0.2) is 24.3 Å². The van der Waals surface area contributed by atoms with E-state index in [9.17, 15) is 4.79 Å². The van der Waals surface area contributed by atoms with Crippen LogP contribution in [-0.2, 0) is 17.7 Å². The van der Waals surface area contributed by atoms with Gasteiger partial charge in [0, 0.05) is 13.6 Å². The molecule has 0 atom stereocenters. The van der Waals surface area contributed by atoms with Crippen LogP contribution in [0.1, 0.15) is 58.1 Å². The number of nitrogens with zero attached hydrogens (tertiary/aromatic N) is 1. The summed E-state index contributed by atoms with van der Waals surface area (Å²) in [4.78, 5) is 13.5. The van der Waals surface area contributed by atoms with Gasteiger partial charge in [-0.2, -0.15) is 0 Å². The summed E-state index contributed by atoms with van der Waals surface area (Å²) in [5, 5.41) is 0. The molecule has 0 aromatic heterocycles. The third kappa shape index (κ3) is 7.16. The van der Waals surface area contributed by atoms with Crippen LogP contribution in [0.5, 0.6) is 0 Å². The van der Waals surface area contributed by atoms with Gasteiger partial charge in [0.15, 0.2) is 0 Å². The molecule has 0 spiro atoms. The fourth-order valence-electron chi connectivity index (χ4n) is 2.07. The smallest absolute Gasteiger partial charge is 0.410 e.